The van der Waals surface area contributed by atoms with Gasteiger partial charge in [0.2, 0.25) is 5.69 Å². The lowest BCUT2D eigenvalue weighted by atomic mass is 10.0. The zero-order valence-electron chi connectivity index (χ0n) is 10.7. The Balaban J connectivity index is 2.68. The van der Waals surface area contributed by atoms with Gasteiger partial charge in [0, 0.05) is 24.6 Å². The molecule has 1 heterocycles. The van der Waals surface area contributed by atoms with Gasteiger partial charge in [0.25, 0.3) is 0 Å². The Hall–Kier alpha value is -1.70. The van der Waals surface area contributed by atoms with Crippen LogP contribution >= 0.6 is 0 Å². The molecule has 0 unspecified atom stereocenters. The van der Waals surface area contributed by atoms with E-state index in [1.165, 1.54) is 11.1 Å². The minimum Gasteiger partial charge on any atom is -0.206 e. The van der Waals surface area contributed by atoms with Crippen molar-refractivity contribution in [2.75, 3.05) is 0 Å². The van der Waals surface area contributed by atoms with E-state index in [4.69, 9.17) is 0 Å². The Kier molecular flexibility index (Phi) is 2.97. The second-order valence-electron chi connectivity index (χ2n) is 4.58. The average molecular weight is 230 g/mol. The summed E-state index contributed by atoms with van der Waals surface area (Å²) in [6.45, 7) is 6.03. The molecule has 1 nitrogen and oxygen atoms in total. The van der Waals surface area contributed by atoms with Crippen molar-refractivity contribution in [3.63, 3.8) is 0 Å². The predicted octanol–water partition coefficient (Wildman–Crippen LogP) is 3.24. The molecule has 0 amide bonds. The predicted molar refractivity (Wildman–Crippen MR) is 67.2 cm³/mol. The van der Waals surface area contributed by atoms with E-state index >= 15 is 0 Å². The van der Waals surface area contributed by atoms with Crippen LogP contribution < -0.4 is 4.57 Å². The summed E-state index contributed by atoms with van der Waals surface area (Å²) in [6, 6.07) is 9.37. The van der Waals surface area contributed by atoms with Crippen LogP contribution in [0.1, 0.15) is 16.8 Å². The fraction of sp³-hybridized carbons (Fsp3) is 0.267. The van der Waals surface area contributed by atoms with Crippen LogP contribution in [0.2, 0.25) is 0 Å². The largest absolute Gasteiger partial charge is 0.215 e. The highest BCUT2D eigenvalue weighted by Crippen LogP contribution is 2.22. The fourth-order valence-corrected chi connectivity index (χ4v) is 2.11. The van der Waals surface area contributed by atoms with E-state index in [0.29, 0.717) is 0 Å². The monoisotopic (exact) mass is 230 g/mol. The van der Waals surface area contributed by atoms with Crippen molar-refractivity contribution >= 4 is 0 Å². The van der Waals surface area contributed by atoms with Crippen LogP contribution in [0.3, 0.4) is 0 Å². The molecular formula is C15H17FN+. The van der Waals surface area contributed by atoms with Crippen LogP contribution in [-0.2, 0) is 7.05 Å². The van der Waals surface area contributed by atoms with Crippen LogP contribution in [0, 0.1) is 26.6 Å². The molecule has 2 rings (SSSR count). The second kappa shape index (κ2) is 4.28. The molecule has 17 heavy (non-hydrogen) atoms. The van der Waals surface area contributed by atoms with Crippen molar-refractivity contribution in [3.05, 3.63) is 53.0 Å². The van der Waals surface area contributed by atoms with Crippen LogP contribution in [-0.4, -0.2) is 0 Å². The van der Waals surface area contributed by atoms with Gasteiger partial charge in [0.1, 0.15) is 12.9 Å². The molecule has 0 atom stereocenters. The van der Waals surface area contributed by atoms with Gasteiger partial charge >= 0.3 is 0 Å². The van der Waals surface area contributed by atoms with E-state index in [-0.39, 0.29) is 5.82 Å². The van der Waals surface area contributed by atoms with Crippen LogP contribution in [0.25, 0.3) is 11.3 Å². The van der Waals surface area contributed by atoms with Gasteiger partial charge in [0.15, 0.2) is 5.69 Å². The highest BCUT2D eigenvalue weighted by molar-refractivity contribution is 5.61. The molecule has 0 radical (unpaired) electrons. The van der Waals surface area contributed by atoms with Crippen LogP contribution in [0.15, 0.2) is 30.3 Å². The summed E-state index contributed by atoms with van der Waals surface area (Å²) in [5, 5.41) is 0. The van der Waals surface area contributed by atoms with Crippen molar-refractivity contribution in [1.82, 2.24) is 0 Å². The first-order valence-electron chi connectivity index (χ1n) is 5.73. The Bertz CT molecular complexity index is 573. The molecule has 0 saturated carbocycles. The maximum Gasteiger partial charge on any atom is 0.215 e. The lowest BCUT2D eigenvalue weighted by molar-refractivity contribution is -0.666. The molecule has 2 aromatic rings. The summed E-state index contributed by atoms with van der Waals surface area (Å²) >= 11 is 0. The molecule has 0 fully saturated rings. The summed E-state index contributed by atoms with van der Waals surface area (Å²) in [7, 11) is 1.96. The van der Waals surface area contributed by atoms with Gasteiger partial charge in [-0.2, -0.15) is 4.57 Å². The van der Waals surface area contributed by atoms with Crippen molar-refractivity contribution < 1.29 is 8.96 Å². The smallest absolute Gasteiger partial charge is 0.206 e. The van der Waals surface area contributed by atoms with E-state index in [1.54, 1.807) is 12.1 Å². The zero-order chi connectivity index (χ0) is 12.6. The Labute approximate surface area is 102 Å². The summed E-state index contributed by atoms with van der Waals surface area (Å²) in [5.74, 6) is -0.185. The quantitative estimate of drug-likeness (QED) is 0.662. The maximum absolute atomic E-state index is 13.5. The molecule has 1 aromatic carbocycles. The number of hydrogen-bond donors (Lipinski definition) is 0. The first-order valence-corrected chi connectivity index (χ1v) is 5.73. The first-order chi connectivity index (χ1) is 7.99. The van der Waals surface area contributed by atoms with Gasteiger partial charge < -0.3 is 0 Å². The third kappa shape index (κ3) is 2.21. The van der Waals surface area contributed by atoms with Crippen molar-refractivity contribution in [3.8, 4) is 11.3 Å². The number of aromatic nitrogens is 1. The summed E-state index contributed by atoms with van der Waals surface area (Å²) in [6.07, 6.45) is 0. The Morgan fingerprint density at radius 3 is 2.35 bits per heavy atom. The van der Waals surface area contributed by atoms with Gasteiger partial charge in [-0.05, 0) is 25.5 Å². The number of hydrogen-bond acceptors (Lipinski definition) is 0. The normalized spacial score (nSPS) is 10.6. The topological polar surface area (TPSA) is 3.88 Å². The second-order valence-corrected chi connectivity index (χ2v) is 4.58. The third-order valence-electron chi connectivity index (χ3n) is 3.17. The van der Waals surface area contributed by atoms with E-state index in [9.17, 15) is 4.39 Å². The molecule has 88 valence electrons. The van der Waals surface area contributed by atoms with E-state index < -0.39 is 0 Å². The van der Waals surface area contributed by atoms with Gasteiger partial charge in [0.05, 0.1) is 0 Å². The SMILES string of the molecule is Cc1ccc(-c2cc(F)cc(C)[n+]2C)c(C)c1. The van der Waals surface area contributed by atoms with Gasteiger partial charge in [-0.15, -0.1) is 0 Å². The number of benzene rings is 1. The average Bonchev–Trinajstić information content (AvgIpc) is 2.24. The Morgan fingerprint density at radius 2 is 1.71 bits per heavy atom. The lowest BCUT2D eigenvalue weighted by Gasteiger charge is -2.07. The summed E-state index contributed by atoms with van der Waals surface area (Å²) in [5.41, 5.74) is 5.31. The van der Waals surface area contributed by atoms with E-state index in [0.717, 1.165) is 17.0 Å². The number of halogens is 1. The van der Waals surface area contributed by atoms with Crippen LogP contribution in [0.5, 0.6) is 0 Å². The van der Waals surface area contributed by atoms with Crippen molar-refractivity contribution in [1.29, 1.82) is 0 Å². The number of pyridine rings is 1. The van der Waals surface area contributed by atoms with Crippen molar-refractivity contribution in [2.24, 2.45) is 7.05 Å². The van der Waals surface area contributed by atoms with Crippen LogP contribution in [0.4, 0.5) is 4.39 Å². The molecule has 0 N–H and O–H groups in total. The molecule has 1 aromatic heterocycles. The summed E-state index contributed by atoms with van der Waals surface area (Å²) < 4.78 is 15.5. The van der Waals surface area contributed by atoms with Crippen molar-refractivity contribution in [2.45, 2.75) is 20.8 Å². The highest BCUT2D eigenvalue weighted by atomic mass is 19.1. The zero-order valence-corrected chi connectivity index (χ0v) is 10.7. The third-order valence-corrected chi connectivity index (χ3v) is 3.17. The molecule has 0 aliphatic rings. The maximum atomic E-state index is 13.5. The standard InChI is InChI=1S/C15H17FN/c1-10-5-6-14(11(2)7-10)15-9-13(16)8-12(3)17(15)4/h5-9H,1-4H3/q+1. The van der Waals surface area contributed by atoms with Gasteiger partial charge in [-0.3, -0.25) is 0 Å². The minimum atomic E-state index is -0.185. The molecule has 0 aliphatic heterocycles. The first kappa shape index (κ1) is 11.8. The molecular weight excluding hydrogens is 213 g/mol. The molecule has 0 spiro atoms. The molecule has 0 aliphatic carbocycles. The molecule has 2 heteroatoms. The highest BCUT2D eigenvalue weighted by Gasteiger charge is 2.16. The number of aryl methyl sites for hydroxylation is 3. The number of nitrogens with zero attached hydrogens (tertiary/aromatic N) is 1. The van der Waals surface area contributed by atoms with Gasteiger partial charge in [-0.25, -0.2) is 4.39 Å². The van der Waals surface area contributed by atoms with Gasteiger partial charge in [-0.1, -0.05) is 17.7 Å². The minimum absolute atomic E-state index is 0.185. The fourth-order valence-electron chi connectivity index (χ4n) is 2.11. The van der Waals surface area contributed by atoms with E-state index in [2.05, 4.69) is 32.0 Å². The Morgan fingerprint density at radius 1 is 1.00 bits per heavy atom. The molecule has 0 bridgehead atoms. The lowest BCUT2D eigenvalue weighted by Crippen LogP contribution is -2.35. The molecule has 0 saturated heterocycles. The van der Waals surface area contributed by atoms with E-state index in [1.807, 2.05) is 18.5 Å². The summed E-state index contributed by atoms with van der Waals surface area (Å²) in [4.78, 5) is 0. The number of rotatable bonds is 1.